The molecule has 0 bridgehead atoms. The van der Waals surface area contributed by atoms with Crippen molar-refractivity contribution in [2.75, 3.05) is 57.8 Å². The van der Waals surface area contributed by atoms with Gasteiger partial charge in [-0.3, -0.25) is 9.59 Å². The summed E-state index contributed by atoms with van der Waals surface area (Å²) in [6.07, 6.45) is 4.54. The number of amides is 2. The molecule has 3 rings (SSSR count). The Morgan fingerprint density at radius 3 is 2.39 bits per heavy atom. The summed E-state index contributed by atoms with van der Waals surface area (Å²) in [4.78, 5) is 34.9. The summed E-state index contributed by atoms with van der Waals surface area (Å²) in [5.74, 6) is 0.717. The third-order valence-electron chi connectivity index (χ3n) is 6.39. The van der Waals surface area contributed by atoms with E-state index in [1.54, 1.807) is 0 Å². The van der Waals surface area contributed by atoms with E-state index in [1.807, 2.05) is 28.0 Å². The van der Waals surface area contributed by atoms with Crippen LogP contribution in [-0.2, 0) is 16.1 Å². The largest absolute Gasteiger partial charge is 0.337 e. The van der Waals surface area contributed by atoms with Gasteiger partial charge in [-0.15, -0.1) is 0 Å². The highest BCUT2D eigenvalue weighted by molar-refractivity contribution is 5.94. The van der Waals surface area contributed by atoms with Gasteiger partial charge in [-0.25, -0.2) is 0 Å². The van der Waals surface area contributed by atoms with Crippen molar-refractivity contribution in [3.05, 3.63) is 29.8 Å². The smallest absolute Gasteiger partial charge is 0.227 e. The highest BCUT2D eigenvalue weighted by atomic mass is 16.2. The van der Waals surface area contributed by atoms with E-state index in [-0.39, 0.29) is 11.8 Å². The summed E-state index contributed by atoms with van der Waals surface area (Å²) in [5.41, 5.74) is 2.04. The number of anilines is 1. The summed E-state index contributed by atoms with van der Waals surface area (Å²) in [6, 6.07) is 8.14. The monoisotopic (exact) mass is 428 g/mol. The van der Waals surface area contributed by atoms with Crippen LogP contribution in [0.25, 0.3) is 0 Å². The average Bonchev–Trinajstić information content (AvgIpc) is 3.25. The standard InChI is InChI=1S/C25H40N4O2/c1-21(2)19-25(31)29-15-8-12-26(3)17-18-28(20-22-9-4-5-10-23(22)29)24(30)11-16-27-13-6-7-14-27/h4-5,9-10,21H,6-8,11-20H2,1-3H3. The Labute approximate surface area is 188 Å². The molecule has 0 N–H and O–H groups in total. The summed E-state index contributed by atoms with van der Waals surface area (Å²) < 4.78 is 0. The molecule has 6 nitrogen and oxygen atoms in total. The zero-order valence-corrected chi connectivity index (χ0v) is 19.7. The van der Waals surface area contributed by atoms with E-state index in [0.717, 1.165) is 63.5 Å². The van der Waals surface area contributed by atoms with Crippen LogP contribution in [0.15, 0.2) is 24.3 Å². The van der Waals surface area contributed by atoms with Crippen molar-refractivity contribution >= 4 is 17.5 Å². The maximum absolute atomic E-state index is 13.2. The molecule has 0 radical (unpaired) electrons. The minimum Gasteiger partial charge on any atom is -0.337 e. The minimum absolute atomic E-state index is 0.177. The molecule has 1 aromatic carbocycles. The van der Waals surface area contributed by atoms with E-state index in [4.69, 9.17) is 0 Å². The second-order valence-electron chi connectivity index (χ2n) is 9.54. The Bertz CT molecular complexity index is 730. The molecule has 2 amide bonds. The van der Waals surface area contributed by atoms with Crippen LogP contribution in [0, 0.1) is 5.92 Å². The number of hydrogen-bond acceptors (Lipinski definition) is 4. The fourth-order valence-electron chi connectivity index (χ4n) is 4.56. The number of nitrogens with zero attached hydrogens (tertiary/aromatic N) is 4. The van der Waals surface area contributed by atoms with E-state index in [0.29, 0.717) is 25.3 Å². The Morgan fingerprint density at radius 2 is 1.65 bits per heavy atom. The molecule has 0 aromatic heterocycles. The molecular formula is C25H40N4O2. The number of hydrogen-bond donors (Lipinski definition) is 0. The molecule has 172 valence electrons. The number of fused-ring (bicyclic) bond motifs is 1. The quantitative estimate of drug-likeness (QED) is 0.723. The number of benzene rings is 1. The number of carbonyl (C=O) groups is 2. The molecular weight excluding hydrogens is 388 g/mol. The van der Waals surface area contributed by atoms with Crippen molar-refractivity contribution in [3.63, 3.8) is 0 Å². The normalized spacial score (nSPS) is 19.4. The fraction of sp³-hybridized carbons (Fsp3) is 0.680. The first kappa shape index (κ1) is 23.7. The van der Waals surface area contributed by atoms with Crippen molar-refractivity contribution in [1.29, 1.82) is 0 Å². The lowest BCUT2D eigenvalue weighted by atomic mass is 10.1. The topological polar surface area (TPSA) is 47.1 Å². The van der Waals surface area contributed by atoms with Crippen LogP contribution < -0.4 is 4.90 Å². The highest BCUT2D eigenvalue weighted by Crippen LogP contribution is 2.25. The lowest BCUT2D eigenvalue weighted by Gasteiger charge is -2.28. The second-order valence-corrected chi connectivity index (χ2v) is 9.54. The van der Waals surface area contributed by atoms with Gasteiger partial charge in [-0.1, -0.05) is 32.0 Å². The summed E-state index contributed by atoms with van der Waals surface area (Å²) in [6.45, 7) is 11.0. The molecule has 0 atom stereocenters. The molecule has 0 aliphatic carbocycles. The lowest BCUT2D eigenvalue weighted by Crippen LogP contribution is -2.38. The molecule has 6 heteroatoms. The molecule has 2 aliphatic rings. The van der Waals surface area contributed by atoms with Crippen LogP contribution in [0.4, 0.5) is 5.69 Å². The number of likely N-dealkylation sites (N-methyl/N-ethyl adjacent to an activating group) is 1. The predicted octanol–water partition coefficient (Wildman–Crippen LogP) is 3.22. The molecule has 1 aromatic rings. The van der Waals surface area contributed by atoms with Gasteiger partial charge >= 0.3 is 0 Å². The second kappa shape index (κ2) is 11.6. The molecule has 2 aliphatic heterocycles. The van der Waals surface area contributed by atoms with Crippen LogP contribution in [0.3, 0.4) is 0 Å². The summed E-state index contributed by atoms with van der Waals surface area (Å²) >= 11 is 0. The third kappa shape index (κ3) is 7.04. The minimum atomic E-state index is 0.177. The first-order valence-electron chi connectivity index (χ1n) is 12.0. The van der Waals surface area contributed by atoms with E-state index in [1.165, 1.54) is 12.8 Å². The first-order valence-corrected chi connectivity index (χ1v) is 12.0. The molecule has 2 heterocycles. The van der Waals surface area contributed by atoms with Gasteiger partial charge in [0.25, 0.3) is 0 Å². The number of para-hydroxylation sites is 1. The SMILES string of the molecule is CC(C)CC(=O)N1CCCN(C)CCN(C(=O)CCN2CCCC2)Cc2ccccc21. The molecule has 0 spiro atoms. The lowest BCUT2D eigenvalue weighted by molar-refractivity contribution is -0.132. The molecule has 0 unspecified atom stereocenters. The number of likely N-dealkylation sites (tertiary alicyclic amines) is 1. The van der Waals surface area contributed by atoms with Gasteiger partial charge in [0.05, 0.1) is 0 Å². The predicted molar refractivity (Wildman–Crippen MR) is 126 cm³/mol. The molecule has 1 saturated heterocycles. The zero-order valence-electron chi connectivity index (χ0n) is 19.7. The maximum Gasteiger partial charge on any atom is 0.227 e. The highest BCUT2D eigenvalue weighted by Gasteiger charge is 2.24. The third-order valence-corrected chi connectivity index (χ3v) is 6.39. The van der Waals surface area contributed by atoms with Crippen molar-refractivity contribution in [2.24, 2.45) is 5.92 Å². The Morgan fingerprint density at radius 1 is 0.903 bits per heavy atom. The number of carbonyl (C=O) groups excluding carboxylic acids is 2. The first-order chi connectivity index (χ1) is 14.9. The Kier molecular flexibility index (Phi) is 8.90. The maximum atomic E-state index is 13.2. The Hall–Kier alpha value is -1.92. The van der Waals surface area contributed by atoms with Crippen LogP contribution in [0.2, 0.25) is 0 Å². The van der Waals surface area contributed by atoms with Crippen molar-refractivity contribution in [2.45, 2.75) is 52.5 Å². The van der Waals surface area contributed by atoms with E-state index in [2.05, 4.69) is 36.8 Å². The van der Waals surface area contributed by atoms with Gasteiger partial charge in [0, 0.05) is 51.3 Å². The van der Waals surface area contributed by atoms with Crippen molar-refractivity contribution in [1.82, 2.24) is 14.7 Å². The van der Waals surface area contributed by atoms with Gasteiger partial charge in [-0.05, 0) is 63.5 Å². The van der Waals surface area contributed by atoms with Crippen LogP contribution in [-0.4, -0.2) is 79.4 Å². The van der Waals surface area contributed by atoms with E-state index >= 15 is 0 Å². The van der Waals surface area contributed by atoms with Gasteiger partial charge in [0.2, 0.25) is 11.8 Å². The van der Waals surface area contributed by atoms with E-state index < -0.39 is 0 Å². The van der Waals surface area contributed by atoms with Crippen LogP contribution in [0.5, 0.6) is 0 Å². The molecule has 31 heavy (non-hydrogen) atoms. The number of rotatable bonds is 5. The van der Waals surface area contributed by atoms with Crippen molar-refractivity contribution < 1.29 is 9.59 Å². The van der Waals surface area contributed by atoms with Gasteiger partial charge < -0.3 is 19.6 Å². The van der Waals surface area contributed by atoms with Crippen LogP contribution in [0.1, 0.15) is 51.5 Å². The van der Waals surface area contributed by atoms with Gasteiger partial charge in [-0.2, -0.15) is 0 Å². The van der Waals surface area contributed by atoms with Gasteiger partial charge in [0.15, 0.2) is 0 Å². The van der Waals surface area contributed by atoms with Crippen LogP contribution >= 0.6 is 0 Å². The molecule has 1 fully saturated rings. The van der Waals surface area contributed by atoms with Crippen molar-refractivity contribution in [3.8, 4) is 0 Å². The molecule has 0 saturated carbocycles. The summed E-state index contributed by atoms with van der Waals surface area (Å²) in [5, 5.41) is 0. The zero-order chi connectivity index (χ0) is 22.2. The van der Waals surface area contributed by atoms with Gasteiger partial charge in [0.1, 0.15) is 0 Å². The average molecular weight is 429 g/mol. The fourth-order valence-corrected chi connectivity index (χ4v) is 4.56. The Balaban J connectivity index is 1.80. The van der Waals surface area contributed by atoms with E-state index in [9.17, 15) is 9.59 Å². The summed E-state index contributed by atoms with van der Waals surface area (Å²) in [7, 11) is 2.11.